The van der Waals surface area contributed by atoms with Crippen molar-refractivity contribution in [2.75, 3.05) is 6.54 Å². The number of aryl methyl sites for hydroxylation is 1. The van der Waals surface area contributed by atoms with Crippen LogP contribution in [-0.2, 0) is 4.79 Å². The number of nitriles is 1. The smallest absolute Gasteiger partial charge is 0.261 e. The summed E-state index contributed by atoms with van der Waals surface area (Å²) in [5.74, 6) is 2.56. The summed E-state index contributed by atoms with van der Waals surface area (Å²) in [6, 6.07) is 7.11. The molecule has 1 N–H and O–H groups in total. The SMILES string of the molecule is C#CCNC(=O)C(C)Oc1cc(C#N)ccc1C. The number of rotatable bonds is 4. The van der Waals surface area contributed by atoms with Crippen molar-refractivity contribution in [2.24, 2.45) is 0 Å². The van der Waals surface area contributed by atoms with E-state index in [4.69, 9.17) is 16.4 Å². The molecule has 0 aliphatic carbocycles. The lowest BCUT2D eigenvalue weighted by Crippen LogP contribution is -2.36. The van der Waals surface area contributed by atoms with Gasteiger partial charge in [0.15, 0.2) is 6.10 Å². The van der Waals surface area contributed by atoms with E-state index in [0.29, 0.717) is 11.3 Å². The lowest BCUT2D eigenvalue weighted by Gasteiger charge is -2.15. The zero-order valence-corrected chi connectivity index (χ0v) is 10.4. The van der Waals surface area contributed by atoms with Crippen molar-refractivity contribution in [2.45, 2.75) is 20.0 Å². The Balaban J connectivity index is 2.76. The molecule has 1 aromatic carbocycles. The molecule has 0 spiro atoms. The van der Waals surface area contributed by atoms with Crippen LogP contribution in [0.3, 0.4) is 0 Å². The van der Waals surface area contributed by atoms with E-state index >= 15 is 0 Å². The molecule has 0 aliphatic heterocycles. The van der Waals surface area contributed by atoms with Gasteiger partial charge in [0.2, 0.25) is 0 Å². The van der Waals surface area contributed by atoms with Gasteiger partial charge in [-0.1, -0.05) is 12.0 Å². The molecular weight excluding hydrogens is 228 g/mol. The van der Waals surface area contributed by atoms with Gasteiger partial charge in [-0.25, -0.2) is 0 Å². The summed E-state index contributed by atoms with van der Waals surface area (Å²) in [5.41, 5.74) is 1.36. The first kappa shape index (κ1) is 13.6. The maximum Gasteiger partial charge on any atom is 0.261 e. The first-order valence-electron chi connectivity index (χ1n) is 5.47. The number of terminal acetylenes is 1. The average Bonchev–Trinajstić information content (AvgIpc) is 2.38. The minimum absolute atomic E-state index is 0.170. The van der Waals surface area contributed by atoms with Gasteiger partial charge < -0.3 is 10.1 Å². The summed E-state index contributed by atoms with van der Waals surface area (Å²) < 4.78 is 5.51. The fourth-order valence-corrected chi connectivity index (χ4v) is 1.32. The Labute approximate surface area is 107 Å². The Hall–Kier alpha value is -2.46. The van der Waals surface area contributed by atoms with Crippen LogP contribution in [0.25, 0.3) is 0 Å². The third kappa shape index (κ3) is 3.54. The van der Waals surface area contributed by atoms with E-state index in [0.717, 1.165) is 5.56 Å². The van der Waals surface area contributed by atoms with Crippen LogP contribution in [0.2, 0.25) is 0 Å². The number of benzene rings is 1. The highest BCUT2D eigenvalue weighted by Crippen LogP contribution is 2.20. The number of nitrogens with one attached hydrogen (secondary N) is 1. The van der Waals surface area contributed by atoms with Gasteiger partial charge in [0.25, 0.3) is 5.91 Å². The summed E-state index contributed by atoms with van der Waals surface area (Å²) in [7, 11) is 0. The van der Waals surface area contributed by atoms with E-state index in [9.17, 15) is 4.79 Å². The van der Waals surface area contributed by atoms with Crippen LogP contribution in [0.4, 0.5) is 0 Å². The maximum absolute atomic E-state index is 11.6. The Morgan fingerprint density at radius 1 is 1.61 bits per heavy atom. The van der Waals surface area contributed by atoms with Crippen LogP contribution in [0.5, 0.6) is 5.75 Å². The van der Waals surface area contributed by atoms with Crippen LogP contribution < -0.4 is 10.1 Å². The van der Waals surface area contributed by atoms with Crippen LogP contribution in [0.1, 0.15) is 18.1 Å². The van der Waals surface area contributed by atoms with Crippen molar-refractivity contribution in [1.82, 2.24) is 5.32 Å². The monoisotopic (exact) mass is 242 g/mol. The minimum atomic E-state index is -0.661. The van der Waals surface area contributed by atoms with Crippen molar-refractivity contribution in [3.05, 3.63) is 29.3 Å². The van der Waals surface area contributed by atoms with E-state index in [1.807, 2.05) is 13.0 Å². The van der Waals surface area contributed by atoms with Crippen LogP contribution in [0.15, 0.2) is 18.2 Å². The zero-order chi connectivity index (χ0) is 13.5. The van der Waals surface area contributed by atoms with Crippen LogP contribution in [-0.4, -0.2) is 18.6 Å². The molecule has 0 aromatic heterocycles. The second-order valence-corrected chi connectivity index (χ2v) is 3.77. The topological polar surface area (TPSA) is 62.1 Å². The molecule has 0 saturated carbocycles. The number of ether oxygens (including phenoxy) is 1. The lowest BCUT2D eigenvalue weighted by atomic mass is 10.1. The number of hydrogen-bond acceptors (Lipinski definition) is 3. The molecule has 92 valence electrons. The standard InChI is InChI=1S/C14H14N2O2/c1-4-7-16-14(17)11(3)18-13-8-12(9-15)6-5-10(13)2/h1,5-6,8,11H,7H2,2-3H3,(H,16,17). The normalized spacial score (nSPS) is 10.9. The van der Waals surface area contributed by atoms with E-state index in [-0.39, 0.29) is 12.5 Å². The third-order valence-electron chi connectivity index (χ3n) is 2.35. The summed E-state index contributed by atoms with van der Waals surface area (Å²) in [6.45, 7) is 3.65. The molecule has 1 aromatic rings. The number of hydrogen-bond donors (Lipinski definition) is 1. The minimum Gasteiger partial charge on any atom is -0.481 e. The summed E-state index contributed by atoms with van der Waals surface area (Å²) in [4.78, 5) is 11.6. The van der Waals surface area contributed by atoms with Gasteiger partial charge in [0.1, 0.15) is 5.75 Å². The maximum atomic E-state index is 11.6. The van der Waals surface area contributed by atoms with Gasteiger partial charge >= 0.3 is 0 Å². The van der Waals surface area contributed by atoms with E-state index in [1.54, 1.807) is 25.1 Å². The van der Waals surface area contributed by atoms with Crippen LogP contribution >= 0.6 is 0 Å². The van der Waals surface area contributed by atoms with E-state index in [1.165, 1.54) is 0 Å². The molecule has 18 heavy (non-hydrogen) atoms. The Morgan fingerprint density at radius 3 is 2.94 bits per heavy atom. The molecule has 0 saturated heterocycles. The number of nitrogens with zero attached hydrogens (tertiary/aromatic N) is 1. The molecule has 0 aliphatic rings. The molecule has 4 nitrogen and oxygen atoms in total. The Morgan fingerprint density at radius 2 is 2.33 bits per heavy atom. The van der Waals surface area contributed by atoms with Crippen molar-refractivity contribution < 1.29 is 9.53 Å². The summed E-state index contributed by atoms with van der Waals surface area (Å²) in [5, 5.41) is 11.3. The molecular formula is C14H14N2O2. The van der Waals surface area contributed by atoms with Crippen molar-refractivity contribution >= 4 is 5.91 Å². The predicted molar refractivity (Wildman–Crippen MR) is 67.8 cm³/mol. The molecule has 0 bridgehead atoms. The van der Waals surface area contributed by atoms with Crippen molar-refractivity contribution in [3.63, 3.8) is 0 Å². The first-order chi connectivity index (χ1) is 8.58. The first-order valence-corrected chi connectivity index (χ1v) is 5.47. The van der Waals surface area contributed by atoms with Gasteiger partial charge in [-0.05, 0) is 31.5 Å². The van der Waals surface area contributed by atoms with Gasteiger partial charge in [-0.3, -0.25) is 4.79 Å². The molecule has 0 heterocycles. The number of amides is 1. The van der Waals surface area contributed by atoms with E-state index < -0.39 is 6.10 Å². The fraction of sp³-hybridized carbons (Fsp3) is 0.286. The molecule has 0 radical (unpaired) electrons. The third-order valence-corrected chi connectivity index (χ3v) is 2.35. The van der Waals surface area contributed by atoms with Gasteiger partial charge in [0, 0.05) is 0 Å². The highest BCUT2D eigenvalue weighted by molar-refractivity contribution is 5.80. The molecule has 4 heteroatoms. The Bertz CT molecular complexity index is 524. The number of carbonyl (C=O) groups excluding carboxylic acids is 1. The van der Waals surface area contributed by atoms with Crippen LogP contribution in [0, 0.1) is 30.6 Å². The summed E-state index contributed by atoms with van der Waals surface area (Å²) >= 11 is 0. The number of carbonyl (C=O) groups is 1. The molecule has 0 fully saturated rings. The average molecular weight is 242 g/mol. The zero-order valence-electron chi connectivity index (χ0n) is 10.4. The molecule has 1 unspecified atom stereocenters. The quantitative estimate of drug-likeness (QED) is 0.811. The van der Waals surface area contributed by atoms with Gasteiger partial charge in [-0.2, -0.15) is 5.26 Å². The molecule has 1 atom stereocenters. The Kier molecular flexibility index (Phi) is 4.78. The lowest BCUT2D eigenvalue weighted by molar-refractivity contribution is -0.127. The molecule has 1 rings (SSSR count). The summed E-state index contributed by atoms with van der Waals surface area (Å²) in [6.07, 6.45) is 4.39. The van der Waals surface area contributed by atoms with Crippen molar-refractivity contribution in [3.8, 4) is 24.2 Å². The van der Waals surface area contributed by atoms with Gasteiger partial charge in [-0.15, -0.1) is 6.42 Å². The highest BCUT2D eigenvalue weighted by atomic mass is 16.5. The largest absolute Gasteiger partial charge is 0.481 e. The fourth-order valence-electron chi connectivity index (χ4n) is 1.32. The predicted octanol–water partition coefficient (Wildman–Crippen LogP) is 1.38. The second-order valence-electron chi connectivity index (χ2n) is 3.77. The molecule has 1 amide bonds. The van der Waals surface area contributed by atoms with Crippen molar-refractivity contribution in [1.29, 1.82) is 5.26 Å². The van der Waals surface area contributed by atoms with Gasteiger partial charge in [0.05, 0.1) is 18.2 Å². The second kappa shape index (κ2) is 6.32. The highest BCUT2D eigenvalue weighted by Gasteiger charge is 2.15. The van der Waals surface area contributed by atoms with E-state index in [2.05, 4.69) is 11.2 Å².